The van der Waals surface area contributed by atoms with E-state index in [1.165, 1.54) is 30.4 Å². The summed E-state index contributed by atoms with van der Waals surface area (Å²) in [7, 11) is 0. The van der Waals surface area contributed by atoms with Crippen molar-refractivity contribution < 1.29 is 0 Å². The Balaban J connectivity index is 3.00. The molecule has 0 radical (unpaired) electrons. The van der Waals surface area contributed by atoms with Crippen LogP contribution in [0.15, 0.2) is 36.5 Å². The molecule has 1 saturated heterocycles. The molecule has 0 nitrogen and oxygen atoms in total. The van der Waals surface area contributed by atoms with E-state index in [0.29, 0.717) is 4.75 Å². The predicted molar refractivity (Wildman–Crippen MR) is 67.8 cm³/mol. The molecule has 0 aromatic carbocycles. The first-order valence-electron chi connectivity index (χ1n) is 5.35. The van der Waals surface area contributed by atoms with Crippen LogP contribution in [0.2, 0.25) is 0 Å². The molecule has 0 aromatic heterocycles. The normalized spacial score (nSPS) is 29.9. The van der Waals surface area contributed by atoms with E-state index in [9.17, 15) is 0 Å². The van der Waals surface area contributed by atoms with Crippen LogP contribution in [0.5, 0.6) is 0 Å². The molecule has 0 aliphatic carbocycles. The third-order valence-electron chi connectivity index (χ3n) is 2.90. The molecule has 1 aliphatic heterocycles. The van der Waals surface area contributed by atoms with Crippen molar-refractivity contribution in [3.8, 4) is 0 Å². The molecule has 0 N–H and O–H groups in total. The van der Waals surface area contributed by atoms with Gasteiger partial charge in [-0.1, -0.05) is 45.6 Å². The van der Waals surface area contributed by atoms with E-state index in [0.717, 1.165) is 5.75 Å². The summed E-state index contributed by atoms with van der Waals surface area (Å²) in [5.41, 5.74) is 2.73. The Morgan fingerprint density at radius 1 is 1.50 bits per heavy atom. The van der Waals surface area contributed by atoms with Gasteiger partial charge in [0.25, 0.3) is 0 Å². The lowest BCUT2D eigenvalue weighted by molar-refractivity contribution is 0.597. The number of hydrogen-bond acceptors (Lipinski definition) is 1. The number of hydrogen-bond donors (Lipinski definition) is 0. The number of allylic oxidation sites excluding steroid dienone is 2. The van der Waals surface area contributed by atoms with Crippen molar-refractivity contribution in [2.24, 2.45) is 0 Å². The lowest BCUT2D eigenvalue weighted by atomic mass is 9.87. The topological polar surface area (TPSA) is 0 Å². The van der Waals surface area contributed by atoms with Gasteiger partial charge in [-0.25, -0.2) is 0 Å². The molecular weight excluding hydrogens is 188 g/mol. The molecule has 0 saturated carbocycles. The monoisotopic (exact) mass is 208 g/mol. The lowest BCUT2D eigenvalue weighted by Crippen LogP contribution is -2.22. The number of thioether (sulfide) groups is 1. The van der Waals surface area contributed by atoms with Gasteiger partial charge in [0.1, 0.15) is 0 Å². The Hall–Kier alpha value is -0.430. The molecule has 1 aliphatic rings. The Labute approximate surface area is 92.2 Å². The van der Waals surface area contributed by atoms with Crippen LogP contribution in [0.4, 0.5) is 0 Å². The highest BCUT2D eigenvalue weighted by molar-refractivity contribution is 8.01. The van der Waals surface area contributed by atoms with Crippen LogP contribution in [0, 0.1) is 0 Å². The van der Waals surface area contributed by atoms with Crippen molar-refractivity contribution >= 4 is 11.8 Å². The Morgan fingerprint density at radius 2 is 2.21 bits per heavy atom. The van der Waals surface area contributed by atoms with Gasteiger partial charge in [-0.15, -0.1) is 11.8 Å². The minimum absolute atomic E-state index is 0.333. The maximum atomic E-state index is 4.14. The second-order valence-corrected chi connectivity index (χ2v) is 5.16. The fourth-order valence-electron chi connectivity index (χ4n) is 2.17. The minimum Gasteiger partial charge on any atom is -0.146 e. The van der Waals surface area contributed by atoms with E-state index in [1.807, 2.05) is 6.08 Å². The maximum absolute atomic E-state index is 4.14. The second kappa shape index (κ2) is 4.88. The Kier molecular flexibility index (Phi) is 4.06. The third kappa shape index (κ3) is 1.98. The zero-order valence-electron chi connectivity index (χ0n) is 9.31. The summed E-state index contributed by atoms with van der Waals surface area (Å²) in [5, 5.41) is 0. The SMILES string of the molecule is C=C/C=C1\C(=C)CSC1(CC)CCC. The molecule has 0 aromatic rings. The van der Waals surface area contributed by atoms with Crippen LogP contribution >= 0.6 is 11.8 Å². The van der Waals surface area contributed by atoms with Crippen LogP contribution < -0.4 is 0 Å². The van der Waals surface area contributed by atoms with Crippen molar-refractivity contribution in [3.05, 3.63) is 36.5 Å². The van der Waals surface area contributed by atoms with E-state index in [2.05, 4.69) is 44.8 Å². The van der Waals surface area contributed by atoms with Crippen LogP contribution in [0.3, 0.4) is 0 Å². The summed E-state index contributed by atoms with van der Waals surface area (Å²) >= 11 is 2.05. The van der Waals surface area contributed by atoms with Gasteiger partial charge in [-0.3, -0.25) is 0 Å². The molecule has 0 spiro atoms. The molecule has 14 heavy (non-hydrogen) atoms. The fraction of sp³-hybridized carbons (Fsp3) is 0.538. The first kappa shape index (κ1) is 11.6. The highest BCUT2D eigenvalue weighted by Gasteiger charge is 2.38. The van der Waals surface area contributed by atoms with Crippen LogP contribution in [0.1, 0.15) is 33.1 Å². The average Bonchev–Trinajstić information content (AvgIpc) is 2.48. The maximum Gasteiger partial charge on any atom is 0.0411 e. The summed E-state index contributed by atoms with van der Waals surface area (Å²) in [5.74, 6) is 1.09. The van der Waals surface area contributed by atoms with Crippen molar-refractivity contribution in [2.45, 2.75) is 37.9 Å². The fourth-order valence-corrected chi connectivity index (χ4v) is 3.70. The van der Waals surface area contributed by atoms with Gasteiger partial charge in [0.05, 0.1) is 0 Å². The van der Waals surface area contributed by atoms with E-state index >= 15 is 0 Å². The summed E-state index contributed by atoms with van der Waals surface area (Å²) in [6.45, 7) is 12.5. The molecular formula is C13H20S. The van der Waals surface area contributed by atoms with Gasteiger partial charge in [0.2, 0.25) is 0 Å². The predicted octanol–water partition coefficient (Wildman–Crippen LogP) is 4.35. The van der Waals surface area contributed by atoms with E-state index in [-0.39, 0.29) is 0 Å². The summed E-state index contributed by atoms with van der Waals surface area (Å²) in [4.78, 5) is 0. The summed E-state index contributed by atoms with van der Waals surface area (Å²) in [6.07, 6.45) is 7.74. The smallest absolute Gasteiger partial charge is 0.0411 e. The quantitative estimate of drug-likeness (QED) is 0.662. The van der Waals surface area contributed by atoms with Crippen LogP contribution in [0.25, 0.3) is 0 Å². The van der Waals surface area contributed by atoms with Crippen molar-refractivity contribution in [1.29, 1.82) is 0 Å². The van der Waals surface area contributed by atoms with Gasteiger partial charge < -0.3 is 0 Å². The first-order valence-corrected chi connectivity index (χ1v) is 6.34. The average molecular weight is 208 g/mol. The van der Waals surface area contributed by atoms with Crippen LogP contribution in [-0.2, 0) is 0 Å². The molecule has 78 valence electrons. The van der Waals surface area contributed by atoms with Gasteiger partial charge in [0, 0.05) is 10.5 Å². The molecule has 1 heteroatoms. The van der Waals surface area contributed by atoms with E-state index in [4.69, 9.17) is 0 Å². The molecule has 1 atom stereocenters. The molecule has 0 bridgehead atoms. The van der Waals surface area contributed by atoms with Crippen molar-refractivity contribution in [1.82, 2.24) is 0 Å². The Morgan fingerprint density at radius 3 is 2.71 bits per heavy atom. The van der Waals surface area contributed by atoms with Crippen molar-refractivity contribution in [3.63, 3.8) is 0 Å². The Bertz CT molecular complexity index is 262. The van der Waals surface area contributed by atoms with Crippen molar-refractivity contribution in [2.75, 3.05) is 5.75 Å². The first-order chi connectivity index (χ1) is 6.70. The largest absolute Gasteiger partial charge is 0.146 e. The highest BCUT2D eigenvalue weighted by atomic mass is 32.2. The zero-order valence-corrected chi connectivity index (χ0v) is 10.1. The lowest BCUT2D eigenvalue weighted by Gasteiger charge is -2.28. The standard InChI is InChI=1S/C13H20S/c1-5-8-12-11(4)10-14-13(12,7-3)9-6-2/h5,8H,1,4,6-7,9-10H2,2-3H3/b12-8+. The molecule has 1 heterocycles. The second-order valence-electron chi connectivity index (χ2n) is 3.81. The molecule has 1 fully saturated rings. The molecule has 1 unspecified atom stereocenters. The number of rotatable bonds is 4. The zero-order chi connectivity index (χ0) is 10.6. The molecule has 0 amide bonds. The van der Waals surface area contributed by atoms with E-state index in [1.54, 1.807) is 0 Å². The van der Waals surface area contributed by atoms with Gasteiger partial charge in [0.15, 0.2) is 0 Å². The third-order valence-corrected chi connectivity index (χ3v) is 4.66. The minimum atomic E-state index is 0.333. The van der Waals surface area contributed by atoms with Gasteiger partial charge in [-0.05, 0) is 24.0 Å². The van der Waals surface area contributed by atoms with Crippen LogP contribution in [-0.4, -0.2) is 10.5 Å². The van der Waals surface area contributed by atoms with E-state index < -0.39 is 0 Å². The van der Waals surface area contributed by atoms with Gasteiger partial charge in [-0.2, -0.15) is 0 Å². The van der Waals surface area contributed by atoms with Gasteiger partial charge >= 0.3 is 0 Å². The highest BCUT2D eigenvalue weighted by Crippen LogP contribution is 2.50. The molecule has 1 rings (SSSR count). The summed E-state index contributed by atoms with van der Waals surface area (Å²) in [6, 6.07) is 0. The summed E-state index contributed by atoms with van der Waals surface area (Å²) < 4.78 is 0.333.